The molecule has 2 nitrogen and oxygen atoms in total. The Morgan fingerprint density at radius 2 is 0.746 bits per heavy atom. The van der Waals surface area contributed by atoms with Gasteiger partial charge < -0.3 is 0 Å². The first-order chi connectivity index (χ1) is 31.3. The summed E-state index contributed by atoms with van der Waals surface area (Å²) >= 11 is 0. The molecule has 3 aliphatic rings. The smallest absolute Gasteiger partial charge is 0.179 e. The Bertz CT molecular complexity index is 3160. The molecule has 0 fully saturated rings. The van der Waals surface area contributed by atoms with Crippen LogP contribution in [0.3, 0.4) is 0 Å². The quantitative estimate of drug-likeness (QED) is 0.113. The van der Waals surface area contributed by atoms with Crippen molar-refractivity contribution in [2.45, 2.75) is 11.8 Å². The van der Waals surface area contributed by atoms with E-state index in [1.807, 2.05) is 6.07 Å². The second kappa shape index (κ2) is 15.3. The van der Waals surface area contributed by atoms with Crippen LogP contribution < -0.4 is 20.7 Å². The SMILES string of the molecule is c1ccc(-c2ccc([Si](c3ccccc3)(c3ccccc3)c3cccc4c3C3c5ccccc5C4c4cccc(-c5cc(-c6ccccc6)nc(-c6ccccc6)n5)c43)cc2)cc1. The number of aromatic nitrogens is 2. The van der Waals surface area contributed by atoms with Gasteiger partial charge in [0.15, 0.2) is 13.9 Å². The maximum absolute atomic E-state index is 5.45. The minimum absolute atomic E-state index is 0.0261. The number of benzene rings is 9. The van der Waals surface area contributed by atoms with Gasteiger partial charge in [-0.1, -0.05) is 237 Å². The zero-order chi connectivity index (χ0) is 41.7. The molecule has 0 saturated carbocycles. The highest BCUT2D eigenvalue weighted by Gasteiger charge is 2.49. The molecule has 10 aromatic rings. The van der Waals surface area contributed by atoms with E-state index in [0.717, 1.165) is 33.9 Å². The lowest BCUT2D eigenvalue weighted by Crippen LogP contribution is -2.75. The second-order valence-electron chi connectivity index (χ2n) is 16.7. The van der Waals surface area contributed by atoms with Crippen molar-refractivity contribution >= 4 is 28.8 Å². The molecule has 9 aromatic carbocycles. The van der Waals surface area contributed by atoms with Crippen molar-refractivity contribution in [1.29, 1.82) is 0 Å². The topological polar surface area (TPSA) is 25.8 Å². The number of hydrogen-bond donors (Lipinski definition) is 0. The Morgan fingerprint density at radius 3 is 1.37 bits per heavy atom. The van der Waals surface area contributed by atoms with Crippen LogP contribution in [0.15, 0.2) is 243 Å². The molecule has 2 bridgehead atoms. The van der Waals surface area contributed by atoms with E-state index in [2.05, 4.69) is 237 Å². The summed E-state index contributed by atoms with van der Waals surface area (Å²) in [4.78, 5) is 10.6. The summed E-state index contributed by atoms with van der Waals surface area (Å²) in [6, 6.07) is 89.5. The van der Waals surface area contributed by atoms with Gasteiger partial charge in [-0.2, -0.15) is 0 Å². The number of hydrogen-bond acceptors (Lipinski definition) is 2. The van der Waals surface area contributed by atoms with Gasteiger partial charge in [0, 0.05) is 28.5 Å². The second-order valence-corrected chi connectivity index (χ2v) is 20.5. The molecule has 0 spiro atoms. The Balaban J connectivity index is 1.15. The highest BCUT2D eigenvalue weighted by molar-refractivity contribution is 7.20. The van der Waals surface area contributed by atoms with E-state index in [0.29, 0.717) is 0 Å². The fourth-order valence-electron chi connectivity index (χ4n) is 10.8. The van der Waals surface area contributed by atoms with E-state index >= 15 is 0 Å². The van der Waals surface area contributed by atoms with E-state index < -0.39 is 8.07 Å². The highest BCUT2D eigenvalue weighted by Crippen LogP contribution is 2.57. The molecule has 3 heteroatoms. The van der Waals surface area contributed by atoms with Gasteiger partial charge in [-0.25, -0.2) is 9.97 Å². The van der Waals surface area contributed by atoms with Crippen LogP contribution in [0.25, 0.3) is 45.0 Å². The molecule has 3 aliphatic carbocycles. The molecule has 1 heterocycles. The molecule has 0 aliphatic heterocycles. The standard InChI is InChI=1S/C60H42N2Si/c1-6-20-41(21-7-1)42-36-38-47(39-37-42)63(45-26-12-4-13-27-45,46-28-14-5-15-29-46)55-35-19-34-52-56-48-30-16-17-31-49(48)59(58(52)55)57-50(32-18-33-51(56)57)54-40-53(43-22-8-2-9-23-43)61-60(62-54)44-24-10-3-11-25-44/h1-40,56,59H. The largest absolute Gasteiger partial charge is 0.228 e. The third-order valence-electron chi connectivity index (χ3n) is 13.4. The zero-order valence-electron chi connectivity index (χ0n) is 34.6. The van der Waals surface area contributed by atoms with Gasteiger partial charge in [-0.15, -0.1) is 0 Å². The van der Waals surface area contributed by atoms with Crippen LogP contribution >= 0.6 is 0 Å². The normalized spacial score (nSPS) is 14.7. The minimum Gasteiger partial charge on any atom is -0.228 e. The van der Waals surface area contributed by atoms with E-state index in [1.165, 1.54) is 65.3 Å². The maximum Gasteiger partial charge on any atom is 0.179 e. The van der Waals surface area contributed by atoms with Crippen LogP contribution in [-0.4, -0.2) is 18.0 Å². The lowest BCUT2D eigenvalue weighted by atomic mass is 9.60. The summed E-state index contributed by atoms with van der Waals surface area (Å²) in [7, 11) is -3.01. The Kier molecular flexibility index (Phi) is 9.02. The molecule has 13 rings (SSSR count). The lowest BCUT2D eigenvalue weighted by molar-refractivity contribution is 0.759. The maximum atomic E-state index is 5.45. The molecular formula is C60H42N2Si. The monoisotopic (exact) mass is 818 g/mol. The Hall–Kier alpha value is -7.72. The van der Waals surface area contributed by atoms with Crippen molar-refractivity contribution in [3.63, 3.8) is 0 Å². The third-order valence-corrected chi connectivity index (χ3v) is 18.3. The first-order valence-corrected chi connectivity index (χ1v) is 23.9. The van der Waals surface area contributed by atoms with Gasteiger partial charge in [0.1, 0.15) is 0 Å². The van der Waals surface area contributed by atoms with Crippen LogP contribution in [0, 0.1) is 0 Å². The lowest BCUT2D eigenvalue weighted by Gasteiger charge is -2.46. The third kappa shape index (κ3) is 6.00. The van der Waals surface area contributed by atoms with Gasteiger partial charge >= 0.3 is 0 Å². The Labute approximate surface area is 369 Å². The average Bonchev–Trinajstić information content (AvgIpc) is 3.38. The van der Waals surface area contributed by atoms with Gasteiger partial charge in [0.25, 0.3) is 0 Å². The van der Waals surface area contributed by atoms with Crippen molar-refractivity contribution in [3.8, 4) is 45.0 Å². The van der Waals surface area contributed by atoms with Crippen molar-refractivity contribution < 1.29 is 0 Å². The molecule has 1 aromatic heterocycles. The fraction of sp³-hybridized carbons (Fsp3) is 0.0333. The van der Waals surface area contributed by atoms with Gasteiger partial charge in [-0.3, -0.25) is 0 Å². The van der Waals surface area contributed by atoms with E-state index in [-0.39, 0.29) is 11.8 Å². The molecule has 0 radical (unpaired) electrons. The van der Waals surface area contributed by atoms with E-state index in [9.17, 15) is 0 Å². The van der Waals surface area contributed by atoms with Crippen LogP contribution in [-0.2, 0) is 0 Å². The van der Waals surface area contributed by atoms with Crippen molar-refractivity contribution in [1.82, 2.24) is 9.97 Å². The Morgan fingerprint density at radius 1 is 0.302 bits per heavy atom. The molecule has 2 atom stereocenters. The summed E-state index contributed by atoms with van der Waals surface area (Å²) in [5.41, 5.74) is 15.9. The van der Waals surface area contributed by atoms with Crippen LogP contribution in [0.4, 0.5) is 0 Å². The molecule has 63 heavy (non-hydrogen) atoms. The fourth-order valence-corrected chi connectivity index (χ4v) is 15.8. The zero-order valence-corrected chi connectivity index (χ0v) is 35.6. The summed E-state index contributed by atoms with van der Waals surface area (Å²) in [6.45, 7) is 0. The summed E-state index contributed by atoms with van der Waals surface area (Å²) in [5, 5.41) is 5.55. The summed E-state index contributed by atoms with van der Waals surface area (Å²) in [5.74, 6) is 0.770. The first kappa shape index (κ1) is 37.1. The van der Waals surface area contributed by atoms with Crippen molar-refractivity contribution in [3.05, 3.63) is 276 Å². The predicted octanol–water partition coefficient (Wildman–Crippen LogP) is 11.5. The van der Waals surface area contributed by atoms with Crippen LogP contribution in [0.5, 0.6) is 0 Å². The highest BCUT2D eigenvalue weighted by atomic mass is 28.3. The molecule has 296 valence electrons. The van der Waals surface area contributed by atoms with Gasteiger partial charge in [0.2, 0.25) is 0 Å². The molecule has 0 amide bonds. The van der Waals surface area contributed by atoms with Crippen molar-refractivity contribution in [2.24, 2.45) is 0 Å². The molecule has 2 unspecified atom stereocenters. The minimum atomic E-state index is -3.01. The molecular weight excluding hydrogens is 777 g/mol. The van der Waals surface area contributed by atoms with Gasteiger partial charge in [-0.05, 0) is 71.3 Å². The van der Waals surface area contributed by atoms with Gasteiger partial charge in [0.05, 0.1) is 11.4 Å². The predicted molar refractivity (Wildman–Crippen MR) is 262 cm³/mol. The number of nitrogens with zero attached hydrogens (tertiary/aromatic N) is 2. The summed E-state index contributed by atoms with van der Waals surface area (Å²) < 4.78 is 0. The first-order valence-electron chi connectivity index (χ1n) is 21.9. The van der Waals surface area contributed by atoms with E-state index in [4.69, 9.17) is 9.97 Å². The average molecular weight is 819 g/mol. The number of rotatable bonds is 8. The summed E-state index contributed by atoms with van der Waals surface area (Å²) in [6.07, 6.45) is 0. The van der Waals surface area contributed by atoms with E-state index in [1.54, 1.807) is 0 Å². The van der Waals surface area contributed by atoms with Crippen molar-refractivity contribution in [2.75, 3.05) is 0 Å². The molecule has 0 N–H and O–H groups in total. The van der Waals surface area contributed by atoms with Crippen LogP contribution in [0.1, 0.15) is 45.2 Å². The molecule has 0 saturated heterocycles. The van der Waals surface area contributed by atoms with Crippen LogP contribution in [0.2, 0.25) is 0 Å².